The molecule has 6 heteroatoms. The third kappa shape index (κ3) is 3.77. The Kier molecular flexibility index (Phi) is 4.83. The molecule has 0 saturated heterocycles. The van der Waals surface area contributed by atoms with Gasteiger partial charge in [0.05, 0.1) is 10.5 Å². The second kappa shape index (κ2) is 6.00. The van der Waals surface area contributed by atoms with E-state index in [2.05, 4.69) is 0 Å². The largest absolute Gasteiger partial charge is 0.389 e. The number of rotatable bonds is 5. The van der Waals surface area contributed by atoms with Crippen LogP contribution in [0.25, 0.3) is 0 Å². The van der Waals surface area contributed by atoms with E-state index < -0.39 is 10.5 Å². The first kappa shape index (κ1) is 16.1. The molecule has 0 aliphatic heterocycles. The molecule has 0 bridgehead atoms. The molecule has 1 rings (SSSR count). The zero-order valence-electron chi connectivity index (χ0n) is 12.2. The summed E-state index contributed by atoms with van der Waals surface area (Å²) in [6.07, 6.45) is 0. The zero-order chi connectivity index (χ0) is 15.5. The maximum Gasteiger partial charge on any atom is 0.273 e. The van der Waals surface area contributed by atoms with Crippen LogP contribution in [-0.2, 0) is 0 Å². The summed E-state index contributed by atoms with van der Waals surface area (Å²) in [6.45, 7) is 7.18. The number of likely N-dealkylation sites (N-methyl/N-ethyl adjacent to an activating group) is 1. The Hall–Kier alpha value is -1.95. The van der Waals surface area contributed by atoms with Crippen LogP contribution >= 0.6 is 0 Å². The predicted molar refractivity (Wildman–Crippen MR) is 75.7 cm³/mol. The molecule has 0 atom stereocenters. The number of amides is 1. The van der Waals surface area contributed by atoms with E-state index >= 15 is 0 Å². The highest BCUT2D eigenvalue weighted by Crippen LogP contribution is 2.22. The summed E-state index contributed by atoms with van der Waals surface area (Å²) in [4.78, 5) is 24.3. The van der Waals surface area contributed by atoms with Crippen molar-refractivity contribution in [3.63, 3.8) is 0 Å². The number of carbonyl (C=O) groups is 1. The minimum absolute atomic E-state index is 0.0739. The summed E-state index contributed by atoms with van der Waals surface area (Å²) in [6, 6.07) is 4.44. The van der Waals surface area contributed by atoms with Crippen LogP contribution in [0.1, 0.15) is 36.7 Å². The second-order valence-corrected chi connectivity index (χ2v) is 5.34. The van der Waals surface area contributed by atoms with Gasteiger partial charge in [-0.1, -0.05) is 6.07 Å². The standard InChI is InChI=1S/C14H20N2O4/c1-5-15(9-14(3,4)18)13(17)11-7-6-8-12(10(11)2)16(19)20/h6-8,18H,5,9H2,1-4H3. The third-order valence-electron chi connectivity index (χ3n) is 2.98. The summed E-state index contributed by atoms with van der Waals surface area (Å²) in [5.41, 5.74) is -0.447. The summed E-state index contributed by atoms with van der Waals surface area (Å²) < 4.78 is 0. The van der Waals surface area contributed by atoms with E-state index in [9.17, 15) is 20.0 Å². The Morgan fingerprint density at radius 2 is 2.05 bits per heavy atom. The Morgan fingerprint density at radius 1 is 1.45 bits per heavy atom. The molecule has 1 N–H and O–H groups in total. The molecule has 110 valence electrons. The molecule has 0 unspecified atom stereocenters. The highest BCUT2D eigenvalue weighted by atomic mass is 16.6. The molecule has 0 aliphatic rings. The van der Waals surface area contributed by atoms with Crippen molar-refractivity contribution in [3.05, 3.63) is 39.4 Å². The first-order valence-corrected chi connectivity index (χ1v) is 6.43. The van der Waals surface area contributed by atoms with Gasteiger partial charge in [0.25, 0.3) is 11.6 Å². The van der Waals surface area contributed by atoms with Crippen molar-refractivity contribution >= 4 is 11.6 Å². The zero-order valence-corrected chi connectivity index (χ0v) is 12.2. The molecule has 0 aromatic heterocycles. The molecule has 1 amide bonds. The maximum atomic E-state index is 12.4. The first-order chi connectivity index (χ1) is 9.17. The normalized spacial score (nSPS) is 11.2. The number of carbonyl (C=O) groups excluding carboxylic acids is 1. The van der Waals surface area contributed by atoms with Gasteiger partial charge < -0.3 is 10.0 Å². The van der Waals surface area contributed by atoms with Crippen molar-refractivity contribution in [1.82, 2.24) is 4.90 Å². The maximum absolute atomic E-state index is 12.4. The molecule has 20 heavy (non-hydrogen) atoms. The monoisotopic (exact) mass is 280 g/mol. The van der Waals surface area contributed by atoms with Crippen molar-refractivity contribution < 1.29 is 14.8 Å². The van der Waals surface area contributed by atoms with Crippen molar-refractivity contribution in [2.45, 2.75) is 33.3 Å². The van der Waals surface area contributed by atoms with Crippen LogP contribution in [0.4, 0.5) is 5.69 Å². The second-order valence-electron chi connectivity index (χ2n) is 5.34. The molecule has 6 nitrogen and oxygen atoms in total. The Labute approximate surface area is 118 Å². The number of hydrogen-bond acceptors (Lipinski definition) is 4. The van der Waals surface area contributed by atoms with Crippen LogP contribution in [0.2, 0.25) is 0 Å². The number of hydrogen-bond donors (Lipinski definition) is 1. The van der Waals surface area contributed by atoms with Gasteiger partial charge >= 0.3 is 0 Å². The SMILES string of the molecule is CCN(CC(C)(C)O)C(=O)c1cccc([N+](=O)[O-])c1C. The number of benzene rings is 1. The van der Waals surface area contributed by atoms with E-state index in [1.54, 1.807) is 33.8 Å². The van der Waals surface area contributed by atoms with Crippen molar-refractivity contribution in [2.24, 2.45) is 0 Å². The van der Waals surface area contributed by atoms with Gasteiger partial charge in [-0.3, -0.25) is 14.9 Å². The Balaban J connectivity index is 3.14. The number of nitrogens with zero attached hydrogens (tertiary/aromatic N) is 2. The quantitative estimate of drug-likeness (QED) is 0.661. The van der Waals surface area contributed by atoms with Crippen LogP contribution in [0.15, 0.2) is 18.2 Å². The lowest BCUT2D eigenvalue weighted by atomic mass is 10.0. The van der Waals surface area contributed by atoms with E-state index in [1.165, 1.54) is 17.0 Å². The summed E-state index contributed by atoms with van der Waals surface area (Å²) >= 11 is 0. The van der Waals surface area contributed by atoms with Crippen molar-refractivity contribution in [3.8, 4) is 0 Å². The molecule has 0 spiro atoms. The van der Waals surface area contributed by atoms with Gasteiger partial charge in [-0.2, -0.15) is 0 Å². The number of nitro benzene ring substituents is 1. The number of nitro groups is 1. The summed E-state index contributed by atoms with van der Waals surface area (Å²) in [5.74, 6) is -0.309. The molecule has 0 heterocycles. The van der Waals surface area contributed by atoms with Crippen LogP contribution in [0, 0.1) is 17.0 Å². The highest BCUT2D eigenvalue weighted by Gasteiger charge is 2.25. The van der Waals surface area contributed by atoms with Gasteiger partial charge in [0, 0.05) is 30.3 Å². The molecule has 0 radical (unpaired) electrons. The van der Waals surface area contributed by atoms with Crippen LogP contribution in [0.5, 0.6) is 0 Å². The van der Waals surface area contributed by atoms with E-state index in [0.29, 0.717) is 17.7 Å². The van der Waals surface area contributed by atoms with Gasteiger partial charge in [0.1, 0.15) is 0 Å². The minimum Gasteiger partial charge on any atom is -0.389 e. The smallest absolute Gasteiger partial charge is 0.273 e. The van der Waals surface area contributed by atoms with Crippen molar-refractivity contribution in [1.29, 1.82) is 0 Å². The van der Waals surface area contributed by atoms with Gasteiger partial charge in [-0.05, 0) is 33.8 Å². The highest BCUT2D eigenvalue weighted by molar-refractivity contribution is 5.96. The molecule has 0 fully saturated rings. The fraction of sp³-hybridized carbons (Fsp3) is 0.500. The molecular formula is C14H20N2O4. The van der Waals surface area contributed by atoms with E-state index in [0.717, 1.165) is 0 Å². The van der Waals surface area contributed by atoms with Gasteiger partial charge in [0.2, 0.25) is 0 Å². The molecule has 1 aromatic rings. The van der Waals surface area contributed by atoms with Crippen LogP contribution in [0.3, 0.4) is 0 Å². The molecule has 1 aromatic carbocycles. The van der Waals surface area contributed by atoms with Gasteiger partial charge in [-0.15, -0.1) is 0 Å². The average Bonchev–Trinajstić information content (AvgIpc) is 2.34. The van der Waals surface area contributed by atoms with E-state index in [4.69, 9.17) is 0 Å². The molecule has 0 aliphatic carbocycles. The number of aliphatic hydroxyl groups is 1. The molecular weight excluding hydrogens is 260 g/mol. The van der Waals surface area contributed by atoms with E-state index in [-0.39, 0.29) is 18.1 Å². The Morgan fingerprint density at radius 3 is 2.50 bits per heavy atom. The van der Waals surface area contributed by atoms with Crippen LogP contribution in [-0.4, -0.2) is 39.5 Å². The van der Waals surface area contributed by atoms with Crippen LogP contribution < -0.4 is 0 Å². The lowest BCUT2D eigenvalue weighted by Crippen LogP contribution is -2.42. The van der Waals surface area contributed by atoms with Crippen molar-refractivity contribution in [2.75, 3.05) is 13.1 Å². The van der Waals surface area contributed by atoms with Gasteiger partial charge in [0.15, 0.2) is 0 Å². The Bertz CT molecular complexity index is 520. The molecule has 0 saturated carbocycles. The van der Waals surface area contributed by atoms with E-state index in [1.807, 2.05) is 0 Å². The summed E-state index contributed by atoms with van der Waals surface area (Å²) in [5, 5.41) is 20.7. The average molecular weight is 280 g/mol. The van der Waals surface area contributed by atoms with Gasteiger partial charge in [-0.25, -0.2) is 0 Å². The topological polar surface area (TPSA) is 83.7 Å². The first-order valence-electron chi connectivity index (χ1n) is 6.43. The fourth-order valence-corrected chi connectivity index (χ4v) is 2.02. The predicted octanol–water partition coefficient (Wildman–Crippen LogP) is 2.14. The summed E-state index contributed by atoms with van der Waals surface area (Å²) in [7, 11) is 0. The third-order valence-corrected chi connectivity index (χ3v) is 2.98. The minimum atomic E-state index is -1.01. The lowest BCUT2D eigenvalue weighted by Gasteiger charge is -2.28. The lowest BCUT2D eigenvalue weighted by molar-refractivity contribution is -0.385. The fourth-order valence-electron chi connectivity index (χ4n) is 2.02.